The van der Waals surface area contributed by atoms with E-state index >= 15 is 0 Å². The summed E-state index contributed by atoms with van der Waals surface area (Å²) in [6.07, 6.45) is 4.25. The molecule has 0 atom stereocenters. The second-order valence-corrected chi connectivity index (χ2v) is 5.09. The van der Waals surface area contributed by atoms with Crippen LogP contribution in [-0.4, -0.2) is 29.8 Å². The van der Waals surface area contributed by atoms with Gasteiger partial charge in [-0.25, -0.2) is 0 Å². The SMILES string of the molecule is CC1CCC2(CC1)CN(CC(N)=O)C2=O. The van der Waals surface area contributed by atoms with Crippen molar-refractivity contribution >= 4 is 11.8 Å². The van der Waals surface area contributed by atoms with E-state index in [0.29, 0.717) is 0 Å². The minimum atomic E-state index is -0.414. The number of primary amides is 1. The van der Waals surface area contributed by atoms with Crippen LogP contribution in [0.1, 0.15) is 32.6 Å². The van der Waals surface area contributed by atoms with Gasteiger partial charge in [0, 0.05) is 6.54 Å². The van der Waals surface area contributed by atoms with E-state index in [9.17, 15) is 9.59 Å². The summed E-state index contributed by atoms with van der Waals surface area (Å²) in [5, 5.41) is 0. The fourth-order valence-corrected chi connectivity index (χ4v) is 2.75. The second kappa shape index (κ2) is 3.51. The summed E-state index contributed by atoms with van der Waals surface area (Å²) in [5.41, 5.74) is 4.95. The number of amides is 2. The van der Waals surface area contributed by atoms with E-state index in [1.807, 2.05) is 0 Å². The lowest BCUT2D eigenvalue weighted by Gasteiger charge is -2.51. The Morgan fingerprint density at radius 3 is 2.60 bits per heavy atom. The molecule has 2 aliphatic rings. The molecule has 1 spiro atoms. The van der Waals surface area contributed by atoms with Crippen LogP contribution in [0.4, 0.5) is 0 Å². The van der Waals surface area contributed by atoms with Gasteiger partial charge in [-0.1, -0.05) is 6.92 Å². The first kappa shape index (κ1) is 10.5. The van der Waals surface area contributed by atoms with E-state index in [0.717, 1.165) is 38.1 Å². The smallest absolute Gasteiger partial charge is 0.237 e. The number of nitrogens with zero attached hydrogens (tertiary/aromatic N) is 1. The van der Waals surface area contributed by atoms with Crippen molar-refractivity contribution in [2.45, 2.75) is 32.6 Å². The standard InChI is InChI=1S/C11H18N2O2/c1-8-2-4-11(5-3-8)7-13(10(11)15)6-9(12)14/h8H,2-7H2,1H3,(H2,12,14). The fraction of sp³-hybridized carbons (Fsp3) is 0.818. The largest absolute Gasteiger partial charge is 0.368 e. The van der Waals surface area contributed by atoms with Gasteiger partial charge in [0.2, 0.25) is 11.8 Å². The van der Waals surface area contributed by atoms with Gasteiger partial charge in [0.1, 0.15) is 0 Å². The van der Waals surface area contributed by atoms with Crippen LogP contribution in [0.15, 0.2) is 0 Å². The summed E-state index contributed by atoms with van der Waals surface area (Å²) < 4.78 is 0. The first-order chi connectivity index (χ1) is 7.03. The van der Waals surface area contributed by atoms with Crippen LogP contribution >= 0.6 is 0 Å². The molecule has 1 saturated heterocycles. The van der Waals surface area contributed by atoms with Crippen molar-refractivity contribution in [2.75, 3.05) is 13.1 Å². The van der Waals surface area contributed by atoms with E-state index < -0.39 is 5.91 Å². The Labute approximate surface area is 89.8 Å². The molecule has 0 aromatic carbocycles. The molecule has 15 heavy (non-hydrogen) atoms. The fourth-order valence-electron chi connectivity index (χ4n) is 2.75. The molecule has 84 valence electrons. The molecule has 0 aromatic rings. The Kier molecular flexibility index (Phi) is 2.44. The molecule has 2 amide bonds. The van der Waals surface area contributed by atoms with Gasteiger partial charge < -0.3 is 10.6 Å². The van der Waals surface area contributed by atoms with E-state index in [4.69, 9.17) is 5.73 Å². The van der Waals surface area contributed by atoms with Crippen molar-refractivity contribution < 1.29 is 9.59 Å². The van der Waals surface area contributed by atoms with E-state index in [-0.39, 0.29) is 17.9 Å². The van der Waals surface area contributed by atoms with Crippen molar-refractivity contribution in [3.8, 4) is 0 Å². The molecule has 2 N–H and O–H groups in total. The summed E-state index contributed by atoms with van der Waals surface area (Å²) in [6.45, 7) is 3.06. The third-order valence-corrected chi connectivity index (χ3v) is 3.81. The summed E-state index contributed by atoms with van der Waals surface area (Å²) in [6, 6.07) is 0. The van der Waals surface area contributed by atoms with Crippen LogP contribution in [-0.2, 0) is 9.59 Å². The van der Waals surface area contributed by atoms with Gasteiger partial charge in [-0.3, -0.25) is 9.59 Å². The van der Waals surface area contributed by atoms with E-state index in [2.05, 4.69) is 6.92 Å². The maximum Gasteiger partial charge on any atom is 0.237 e. The zero-order valence-corrected chi connectivity index (χ0v) is 9.16. The van der Waals surface area contributed by atoms with Gasteiger partial charge in [-0.15, -0.1) is 0 Å². The highest BCUT2D eigenvalue weighted by Crippen LogP contribution is 2.46. The Morgan fingerprint density at radius 1 is 1.53 bits per heavy atom. The number of nitrogens with two attached hydrogens (primary N) is 1. The molecule has 1 aliphatic heterocycles. The van der Waals surface area contributed by atoms with Crippen molar-refractivity contribution in [3.63, 3.8) is 0 Å². The van der Waals surface area contributed by atoms with Crippen LogP contribution < -0.4 is 5.73 Å². The molecule has 0 unspecified atom stereocenters. The molecule has 2 fully saturated rings. The molecular weight excluding hydrogens is 192 g/mol. The number of carbonyl (C=O) groups is 2. The Bertz CT molecular complexity index is 293. The monoisotopic (exact) mass is 210 g/mol. The minimum absolute atomic E-state index is 0.0934. The zero-order valence-electron chi connectivity index (χ0n) is 9.16. The van der Waals surface area contributed by atoms with E-state index in [1.165, 1.54) is 0 Å². The Morgan fingerprint density at radius 2 is 2.13 bits per heavy atom. The molecule has 4 nitrogen and oxygen atoms in total. The minimum Gasteiger partial charge on any atom is -0.368 e. The molecule has 1 saturated carbocycles. The number of rotatable bonds is 2. The van der Waals surface area contributed by atoms with Gasteiger partial charge in [-0.05, 0) is 31.6 Å². The predicted octanol–water partition coefficient (Wildman–Crippen LogP) is 0.510. The van der Waals surface area contributed by atoms with Crippen LogP contribution in [0, 0.1) is 11.3 Å². The number of likely N-dealkylation sites (tertiary alicyclic amines) is 1. The highest BCUT2D eigenvalue weighted by Gasteiger charge is 2.52. The van der Waals surface area contributed by atoms with Crippen molar-refractivity contribution in [1.29, 1.82) is 0 Å². The number of β-lactam (4-membered cyclic amide) rings is 1. The molecule has 0 bridgehead atoms. The average molecular weight is 210 g/mol. The molecule has 0 aromatic heterocycles. The van der Waals surface area contributed by atoms with Crippen LogP contribution in [0.5, 0.6) is 0 Å². The van der Waals surface area contributed by atoms with Crippen LogP contribution in [0.2, 0.25) is 0 Å². The lowest BCUT2D eigenvalue weighted by Crippen LogP contribution is -2.63. The molecule has 1 heterocycles. The molecule has 1 aliphatic carbocycles. The highest BCUT2D eigenvalue weighted by molar-refractivity contribution is 5.92. The average Bonchev–Trinajstić information content (AvgIpc) is 2.19. The van der Waals surface area contributed by atoms with Crippen molar-refractivity contribution in [2.24, 2.45) is 17.1 Å². The van der Waals surface area contributed by atoms with Gasteiger partial charge in [-0.2, -0.15) is 0 Å². The number of hydrogen-bond donors (Lipinski definition) is 1. The Hall–Kier alpha value is -1.06. The van der Waals surface area contributed by atoms with Gasteiger partial charge in [0.05, 0.1) is 12.0 Å². The number of hydrogen-bond acceptors (Lipinski definition) is 2. The quantitative estimate of drug-likeness (QED) is 0.675. The summed E-state index contributed by atoms with van der Waals surface area (Å²) in [4.78, 5) is 24.2. The van der Waals surface area contributed by atoms with Crippen molar-refractivity contribution in [1.82, 2.24) is 4.90 Å². The third-order valence-electron chi connectivity index (χ3n) is 3.81. The lowest BCUT2D eigenvalue weighted by atomic mass is 9.65. The maximum absolute atomic E-state index is 11.9. The van der Waals surface area contributed by atoms with Crippen LogP contribution in [0.25, 0.3) is 0 Å². The number of carbonyl (C=O) groups excluding carboxylic acids is 2. The van der Waals surface area contributed by atoms with E-state index in [1.54, 1.807) is 4.90 Å². The third kappa shape index (κ3) is 1.73. The van der Waals surface area contributed by atoms with Crippen molar-refractivity contribution in [3.05, 3.63) is 0 Å². The highest BCUT2D eigenvalue weighted by atomic mass is 16.2. The van der Waals surface area contributed by atoms with Gasteiger partial charge in [0.15, 0.2) is 0 Å². The normalized spacial score (nSPS) is 35.4. The first-order valence-electron chi connectivity index (χ1n) is 5.61. The Balaban J connectivity index is 1.93. The summed E-state index contributed by atoms with van der Waals surface area (Å²) in [7, 11) is 0. The maximum atomic E-state index is 11.9. The predicted molar refractivity (Wildman–Crippen MR) is 55.8 cm³/mol. The molecular formula is C11H18N2O2. The first-order valence-corrected chi connectivity index (χ1v) is 5.61. The van der Waals surface area contributed by atoms with Gasteiger partial charge in [0.25, 0.3) is 0 Å². The molecule has 2 rings (SSSR count). The molecule has 4 heteroatoms. The van der Waals surface area contributed by atoms with Crippen LogP contribution in [0.3, 0.4) is 0 Å². The second-order valence-electron chi connectivity index (χ2n) is 5.09. The summed E-state index contributed by atoms with van der Waals surface area (Å²) in [5.74, 6) is 0.476. The lowest BCUT2D eigenvalue weighted by molar-refractivity contribution is -0.166. The summed E-state index contributed by atoms with van der Waals surface area (Å²) >= 11 is 0. The molecule has 0 radical (unpaired) electrons. The topological polar surface area (TPSA) is 63.4 Å². The van der Waals surface area contributed by atoms with Gasteiger partial charge >= 0.3 is 0 Å². The zero-order chi connectivity index (χ0) is 11.1.